The first kappa shape index (κ1) is 26.6. The molecule has 1 amide bonds. The van der Waals surface area contributed by atoms with E-state index < -0.39 is 0 Å². The van der Waals surface area contributed by atoms with Crippen molar-refractivity contribution in [1.29, 1.82) is 5.26 Å². The van der Waals surface area contributed by atoms with Crippen LogP contribution in [0, 0.1) is 11.3 Å². The van der Waals surface area contributed by atoms with Gasteiger partial charge in [-0.05, 0) is 81.5 Å². The second-order valence-electron chi connectivity index (χ2n) is 9.10. The van der Waals surface area contributed by atoms with Gasteiger partial charge in [0.15, 0.2) is 5.82 Å². The SMILES string of the molecule is CCN(CC)c1nc2cc(NC(=O)c3ccc(-c4cccc(C#N)c4)cc3)ccc2nc1OCCN(C)C. The lowest BCUT2D eigenvalue weighted by molar-refractivity contribution is 0.102. The molecule has 4 rings (SSSR count). The number of hydrogen-bond acceptors (Lipinski definition) is 7. The Kier molecular flexibility index (Phi) is 8.51. The van der Waals surface area contributed by atoms with E-state index in [1.54, 1.807) is 18.2 Å². The number of carbonyl (C=O) groups excluding carboxylic acids is 1. The van der Waals surface area contributed by atoms with Gasteiger partial charge in [-0.2, -0.15) is 5.26 Å². The van der Waals surface area contributed by atoms with Crippen molar-refractivity contribution in [3.8, 4) is 23.1 Å². The minimum Gasteiger partial charge on any atom is -0.474 e. The molecule has 0 atom stereocenters. The summed E-state index contributed by atoms with van der Waals surface area (Å²) in [6, 6.07) is 22.3. The molecule has 0 radical (unpaired) electrons. The van der Waals surface area contributed by atoms with E-state index in [1.807, 2.05) is 62.6 Å². The maximum Gasteiger partial charge on any atom is 0.258 e. The van der Waals surface area contributed by atoms with E-state index in [9.17, 15) is 4.79 Å². The smallest absolute Gasteiger partial charge is 0.258 e. The van der Waals surface area contributed by atoms with Crippen LogP contribution in [0.4, 0.5) is 11.5 Å². The van der Waals surface area contributed by atoms with Crippen LogP contribution in [-0.2, 0) is 0 Å². The van der Waals surface area contributed by atoms with Gasteiger partial charge in [-0.25, -0.2) is 9.97 Å². The monoisotopic (exact) mass is 508 g/mol. The van der Waals surface area contributed by atoms with Crippen molar-refractivity contribution in [1.82, 2.24) is 14.9 Å². The lowest BCUT2D eigenvalue weighted by Gasteiger charge is -2.22. The fraction of sp³-hybridized carbons (Fsp3) is 0.267. The number of benzene rings is 3. The third-order valence-electron chi connectivity index (χ3n) is 6.19. The molecule has 0 aliphatic carbocycles. The maximum atomic E-state index is 13.0. The van der Waals surface area contributed by atoms with Gasteiger partial charge in [-0.1, -0.05) is 24.3 Å². The van der Waals surface area contributed by atoms with E-state index in [0.717, 1.165) is 30.8 Å². The number of anilines is 2. The third kappa shape index (κ3) is 6.25. The predicted octanol–water partition coefficient (Wildman–Crippen LogP) is 5.21. The van der Waals surface area contributed by atoms with Crippen LogP contribution in [0.15, 0.2) is 66.7 Å². The number of aromatic nitrogens is 2. The minimum atomic E-state index is -0.220. The summed E-state index contributed by atoms with van der Waals surface area (Å²) < 4.78 is 6.01. The summed E-state index contributed by atoms with van der Waals surface area (Å²) in [7, 11) is 4.00. The van der Waals surface area contributed by atoms with Crippen LogP contribution in [0.5, 0.6) is 5.88 Å². The average Bonchev–Trinajstić information content (AvgIpc) is 2.93. The summed E-state index contributed by atoms with van der Waals surface area (Å²) in [5.41, 5.74) is 5.00. The van der Waals surface area contributed by atoms with E-state index in [4.69, 9.17) is 20.0 Å². The molecule has 3 aromatic carbocycles. The van der Waals surface area contributed by atoms with Gasteiger partial charge in [-0.3, -0.25) is 4.79 Å². The lowest BCUT2D eigenvalue weighted by Crippen LogP contribution is -2.25. The number of hydrogen-bond donors (Lipinski definition) is 1. The van der Waals surface area contributed by atoms with Gasteiger partial charge in [-0.15, -0.1) is 0 Å². The molecule has 0 aliphatic rings. The second-order valence-corrected chi connectivity index (χ2v) is 9.10. The molecule has 0 unspecified atom stereocenters. The van der Waals surface area contributed by atoms with Crippen molar-refractivity contribution >= 4 is 28.4 Å². The van der Waals surface area contributed by atoms with Crippen LogP contribution >= 0.6 is 0 Å². The van der Waals surface area contributed by atoms with Crippen LogP contribution in [0.3, 0.4) is 0 Å². The van der Waals surface area contributed by atoms with Gasteiger partial charge in [0.05, 0.1) is 22.7 Å². The van der Waals surface area contributed by atoms with Crippen molar-refractivity contribution in [2.24, 2.45) is 0 Å². The maximum absolute atomic E-state index is 13.0. The lowest BCUT2D eigenvalue weighted by atomic mass is 10.0. The normalized spacial score (nSPS) is 10.8. The number of carbonyl (C=O) groups is 1. The summed E-state index contributed by atoms with van der Waals surface area (Å²) in [6.45, 7) is 6.97. The summed E-state index contributed by atoms with van der Waals surface area (Å²) in [5.74, 6) is 0.989. The summed E-state index contributed by atoms with van der Waals surface area (Å²) in [5, 5.41) is 12.1. The standard InChI is InChI=1S/C30H32N6O2/c1-5-36(6-2)28-30(38-17-16-35(3)4)34-26-15-14-25(19-27(26)33-28)32-29(37)23-12-10-22(11-13-23)24-9-7-8-21(18-24)20-31/h7-15,18-19H,5-6,16-17H2,1-4H3,(H,32,37). The zero-order valence-corrected chi connectivity index (χ0v) is 22.2. The number of nitrogens with zero attached hydrogens (tertiary/aromatic N) is 5. The van der Waals surface area contributed by atoms with Crippen molar-refractivity contribution in [3.63, 3.8) is 0 Å². The van der Waals surface area contributed by atoms with Gasteiger partial charge in [0.1, 0.15) is 6.61 Å². The number of rotatable bonds is 10. The van der Waals surface area contributed by atoms with Crippen LogP contribution in [0.2, 0.25) is 0 Å². The highest BCUT2D eigenvalue weighted by molar-refractivity contribution is 6.05. The fourth-order valence-corrected chi connectivity index (χ4v) is 4.04. The van der Waals surface area contributed by atoms with E-state index in [1.165, 1.54) is 0 Å². The number of nitriles is 1. The molecule has 0 bridgehead atoms. The zero-order valence-electron chi connectivity index (χ0n) is 22.2. The van der Waals surface area contributed by atoms with Gasteiger partial charge in [0.2, 0.25) is 0 Å². The largest absolute Gasteiger partial charge is 0.474 e. The first-order valence-electron chi connectivity index (χ1n) is 12.7. The van der Waals surface area contributed by atoms with Crippen LogP contribution in [0.25, 0.3) is 22.2 Å². The average molecular weight is 509 g/mol. The molecule has 1 N–H and O–H groups in total. The van der Waals surface area contributed by atoms with Crippen molar-refractivity contribution in [2.75, 3.05) is 50.6 Å². The molecule has 4 aromatic rings. The first-order chi connectivity index (χ1) is 18.4. The second kappa shape index (κ2) is 12.2. The highest BCUT2D eigenvalue weighted by Crippen LogP contribution is 2.29. The molecule has 0 spiro atoms. The summed E-state index contributed by atoms with van der Waals surface area (Å²) >= 11 is 0. The Bertz CT molecular complexity index is 1460. The molecule has 8 nitrogen and oxygen atoms in total. The Morgan fingerprint density at radius 3 is 2.39 bits per heavy atom. The number of likely N-dealkylation sites (N-methyl/N-ethyl adjacent to an activating group) is 1. The van der Waals surface area contributed by atoms with Crippen LogP contribution in [0.1, 0.15) is 29.8 Å². The van der Waals surface area contributed by atoms with Crippen LogP contribution in [-0.4, -0.2) is 61.1 Å². The molecule has 0 fully saturated rings. The Balaban J connectivity index is 1.55. The Hall–Kier alpha value is -4.48. The molecular formula is C30H32N6O2. The predicted molar refractivity (Wildman–Crippen MR) is 152 cm³/mol. The molecule has 194 valence electrons. The zero-order chi connectivity index (χ0) is 27.1. The van der Waals surface area contributed by atoms with Gasteiger partial charge in [0.25, 0.3) is 11.8 Å². The fourth-order valence-electron chi connectivity index (χ4n) is 4.04. The highest BCUT2D eigenvalue weighted by Gasteiger charge is 2.16. The van der Waals surface area contributed by atoms with Crippen molar-refractivity contribution in [2.45, 2.75) is 13.8 Å². The molecule has 1 heterocycles. The Morgan fingerprint density at radius 2 is 1.71 bits per heavy atom. The van der Waals surface area contributed by atoms with E-state index in [0.29, 0.717) is 46.2 Å². The van der Waals surface area contributed by atoms with Crippen molar-refractivity contribution < 1.29 is 9.53 Å². The third-order valence-corrected chi connectivity index (χ3v) is 6.19. The Labute approximate surface area is 223 Å². The van der Waals surface area contributed by atoms with Crippen molar-refractivity contribution in [3.05, 3.63) is 77.9 Å². The quantitative estimate of drug-likeness (QED) is 0.314. The van der Waals surface area contributed by atoms with E-state index >= 15 is 0 Å². The Morgan fingerprint density at radius 1 is 0.947 bits per heavy atom. The van der Waals surface area contributed by atoms with E-state index in [2.05, 4.69) is 35.0 Å². The summed E-state index contributed by atoms with van der Waals surface area (Å²) in [4.78, 5) is 26.7. The molecular weight excluding hydrogens is 476 g/mol. The summed E-state index contributed by atoms with van der Waals surface area (Å²) in [6.07, 6.45) is 0. The molecule has 8 heteroatoms. The minimum absolute atomic E-state index is 0.220. The topological polar surface area (TPSA) is 94.4 Å². The van der Waals surface area contributed by atoms with Crippen LogP contribution < -0.4 is 15.0 Å². The first-order valence-corrected chi connectivity index (χ1v) is 12.7. The number of ether oxygens (including phenoxy) is 1. The molecule has 0 aliphatic heterocycles. The molecule has 1 aromatic heterocycles. The highest BCUT2D eigenvalue weighted by atomic mass is 16.5. The van der Waals surface area contributed by atoms with Gasteiger partial charge < -0.3 is 19.9 Å². The van der Waals surface area contributed by atoms with E-state index in [-0.39, 0.29) is 5.91 Å². The molecule has 0 saturated heterocycles. The van der Waals surface area contributed by atoms with Gasteiger partial charge in [0, 0.05) is 30.9 Å². The number of fused-ring (bicyclic) bond motifs is 1. The molecule has 38 heavy (non-hydrogen) atoms. The number of amides is 1. The number of nitrogens with one attached hydrogen (secondary N) is 1. The van der Waals surface area contributed by atoms with Gasteiger partial charge >= 0.3 is 0 Å². The molecule has 0 saturated carbocycles.